The molecular weight excluding hydrogens is 360 g/mol. The van der Waals surface area contributed by atoms with E-state index in [-0.39, 0.29) is 16.4 Å². The van der Waals surface area contributed by atoms with Crippen molar-refractivity contribution in [2.24, 2.45) is 0 Å². The lowest BCUT2D eigenvalue weighted by atomic mass is 10.2. The van der Waals surface area contributed by atoms with Crippen molar-refractivity contribution in [1.29, 1.82) is 0 Å². The van der Waals surface area contributed by atoms with E-state index in [1.807, 2.05) is 0 Å². The molecule has 1 N–H and O–H groups in total. The number of rotatable bonds is 4. The van der Waals surface area contributed by atoms with Gasteiger partial charge in [0.05, 0.1) is 4.92 Å². The summed E-state index contributed by atoms with van der Waals surface area (Å²) in [5.41, 5.74) is -0.554. The molecule has 0 unspecified atom stereocenters. The number of anilines is 1. The van der Waals surface area contributed by atoms with Gasteiger partial charge in [-0.05, 0) is 35.8 Å². The largest absolute Gasteiger partial charge is 0.367 e. The molecular formula is C16H10N4O5S. The Kier molecular flexibility index (Phi) is 4.67. The van der Waals surface area contributed by atoms with E-state index in [1.165, 1.54) is 12.1 Å². The highest BCUT2D eigenvalue weighted by Crippen LogP contribution is 2.16. The SMILES string of the molecule is O=C(Nc1nc(=O)n(C(=O)c2ccc([N+](=O)[O-])cc2)s1)c1ccccc1. The van der Waals surface area contributed by atoms with Gasteiger partial charge >= 0.3 is 5.69 Å². The maximum atomic E-state index is 12.4. The zero-order valence-electron chi connectivity index (χ0n) is 13.0. The van der Waals surface area contributed by atoms with Crippen molar-refractivity contribution in [3.05, 3.63) is 86.3 Å². The number of carbonyl (C=O) groups is 2. The molecule has 26 heavy (non-hydrogen) atoms. The third kappa shape index (κ3) is 3.54. The van der Waals surface area contributed by atoms with Crippen LogP contribution in [-0.4, -0.2) is 25.7 Å². The Hall–Kier alpha value is -3.66. The topological polar surface area (TPSA) is 124 Å². The zero-order chi connectivity index (χ0) is 18.7. The third-order valence-electron chi connectivity index (χ3n) is 3.31. The lowest BCUT2D eigenvalue weighted by Crippen LogP contribution is -2.23. The number of hydrogen-bond acceptors (Lipinski definition) is 7. The Morgan fingerprint density at radius 2 is 1.69 bits per heavy atom. The Labute approximate surface area is 149 Å². The number of nitrogens with one attached hydrogen (secondary N) is 1. The molecule has 130 valence electrons. The van der Waals surface area contributed by atoms with E-state index >= 15 is 0 Å². The molecule has 0 saturated carbocycles. The lowest BCUT2D eigenvalue weighted by Gasteiger charge is -2.00. The summed E-state index contributed by atoms with van der Waals surface area (Å²) in [7, 11) is 0. The molecule has 0 saturated heterocycles. The summed E-state index contributed by atoms with van der Waals surface area (Å²) in [6.45, 7) is 0. The standard InChI is InChI=1S/C16H10N4O5S/c21-13(10-4-2-1-3-5-10)17-15-18-16(23)19(26-15)14(22)11-6-8-12(9-7-11)20(24)25/h1-9H,(H,17,18,21,23). The van der Waals surface area contributed by atoms with Crippen LogP contribution in [0.5, 0.6) is 0 Å². The fraction of sp³-hybridized carbons (Fsp3) is 0. The highest BCUT2D eigenvalue weighted by molar-refractivity contribution is 7.11. The average Bonchev–Trinajstić information content (AvgIpc) is 3.02. The van der Waals surface area contributed by atoms with Gasteiger partial charge in [-0.1, -0.05) is 18.2 Å². The molecule has 9 nitrogen and oxygen atoms in total. The van der Waals surface area contributed by atoms with Crippen LogP contribution in [0, 0.1) is 10.1 Å². The second-order valence-electron chi connectivity index (χ2n) is 5.01. The number of nitro groups is 1. The summed E-state index contributed by atoms with van der Waals surface area (Å²) >= 11 is 0.674. The highest BCUT2D eigenvalue weighted by Gasteiger charge is 2.18. The molecule has 0 aliphatic heterocycles. The van der Waals surface area contributed by atoms with Crippen LogP contribution < -0.4 is 11.0 Å². The normalized spacial score (nSPS) is 10.3. The number of nitrogens with zero attached hydrogens (tertiary/aromatic N) is 3. The van der Waals surface area contributed by atoms with Gasteiger partial charge in [0.15, 0.2) is 0 Å². The van der Waals surface area contributed by atoms with Crippen molar-refractivity contribution < 1.29 is 14.5 Å². The van der Waals surface area contributed by atoms with Crippen LogP contribution in [0.1, 0.15) is 20.7 Å². The first-order chi connectivity index (χ1) is 12.5. The fourth-order valence-electron chi connectivity index (χ4n) is 2.06. The van der Waals surface area contributed by atoms with Crippen LogP contribution in [0.15, 0.2) is 59.4 Å². The second kappa shape index (κ2) is 7.07. The number of non-ortho nitro benzene ring substituents is 1. The van der Waals surface area contributed by atoms with Gasteiger partial charge in [0.2, 0.25) is 5.13 Å². The van der Waals surface area contributed by atoms with Gasteiger partial charge in [0.1, 0.15) is 0 Å². The molecule has 0 aliphatic rings. The molecule has 0 fully saturated rings. The van der Waals surface area contributed by atoms with Crippen molar-refractivity contribution in [2.75, 3.05) is 5.32 Å². The van der Waals surface area contributed by atoms with Crippen LogP contribution in [0.2, 0.25) is 0 Å². The molecule has 3 aromatic rings. The van der Waals surface area contributed by atoms with Crippen molar-refractivity contribution in [3.63, 3.8) is 0 Å². The molecule has 1 amide bonds. The van der Waals surface area contributed by atoms with Crippen molar-refractivity contribution >= 4 is 34.2 Å². The predicted molar refractivity (Wildman–Crippen MR) is 93.6 cm³/mol. The van der Waals surface area contributed by atoms with Gasteiger partial charge < -0.3 is 0 Å². The Morgan fingerprint density at radius 1 is 1.04 bits per heavy atom. The van der Waals surface area contributed by atoms with Crippen molar-refractivity contribution in [2.45, 2.75) is 0 Å². The van der Waals surface area contributed by atoms with Gasteiger partial charge in [0.25, 0.3) is 17.5 Å². The summed E-state index contributed by atoms with van der Waals surface area (Å²) in [5.74, 6) is -1.16. The highest BCUT2D eigenvalue weighted by atomic mass is 32.1. The first-order valence-corrected chi connectivity index (χ1v) is 7.99. The van der Waals surface area contributed by atoms with Gasteiger partial charge in [-0.3, -0.25) is 25.0 Å². The molecule has 3 rings (SSSR count). The Morgan fingerprint density at radius 3 is 2.31 bits per heavy atom. The van der Waals surface area contributed by atoms with E-state index in [0.717, 1.165) is 16.1 Å². The van der Waals surface area contributed by atoms with E-state index in [9.17, 15) is 24.5 Å². The van der Waals surface area contributed by atoms with Crippen LogP contribution >= 0.6 is 11.5 Å². The molecule has 2 aromatic carbocycles. The van der Waals surface area contributed by atoms with Gasteiger partial charge in [-0.2, -0.15) is 8.94 Å². The number of hydrogen-bond donors (Lipinski definition) is 1. The van der Waals surface area contributed by atoms with Gasteiger partial charge in [-0.25, -0.2) is 4.79 Å². The van der Waals surface area contributed by atoms with E-state index < -0.39 is 22.4 Å². The average molecular weight is 370 g/mol. The molecule has 0 bridgehead atoms. The summed E-state index contributed by atoms with van der Waals surface area (Å²) < 4.78 is 0.766. The number of benzene rings is 2. The van der Waals surface area contributed by atoms with Crippen LogP contribution in [0.3, 0.4) is 0 Å². The summed E-state index contributed by atoms with van der Waals surface area (Å²) in [4.78, 5) is 50.1. The number of amides is 1. The first kappa shape index (κ1) is 17.2. The maximum absolute atomic E-state index is 12.4. The number of carbonyl (C=O) groups excluding carboxylic acids is 2. The number of aromatic nitrogens is 2. The molecule has 0 spiro atoms. The molecule has 1 heterocycles. The third-order valence-corrected chi connectivity index (χ3v) is 4.19. The first-order valence-electron chi connectivity index (χ1n) is 7.21. The van der Waals surface area contributed by atoms with Gasteiger partial charge in [0, 0.05) is 23.3 Å². The quantitative estimate of drug-likeness (QED) is 0.554. The summed E-state index contributed by atoms with van der Waals surface area (Å²) in [6, 6.07) is 13.1. The van der Waals surface area contributed by atoms with Crippen LogP contribution in [0.25, 0.3) is 0 Å². The van der Waals surface area contributed by atoms with E-state index in [4.69, 9.17) is 0 Å². The smallest absolute Gasteiger partial charge is 0.297 e. The molecule has 10 heteroatoms. The van der Waals surface area contributed by atoms with E-state index in [1.54, 1.807) is 30.3 Å². The van der Waals surface area contributed by atoms with Crippen molar-refractivity contribution in [1.82, 2.24) is 8.94 Å². The molecule has 0 radical (unpaired) electrons. The Balaban J connectivity index is 1.81. The molecule has 0 aliphatic carbocycles. The monoisotopic (exact) mass is 370 g/mol. The fourth-order valence-corrected chi connectivity index (χ4v) is 2.80. The minimum absolute atomic E-state index is 0.0286. The van der Waals surface area contributed by atoms with Crippen LogP contribution in [0.4, 0.5) is 10.8 Å². The predicted octanol–water partition coefficient (Wildman–Crippen LogP) is 2.15. The minimum Gasteiger partial charge on any atom is -0.297 e. The maximum Gasteiger partial charge on any atom is 0.367 e. The summed E-state index contributed by atoms with van der Waals surface area (Å²) in [5, 5.41) is 13.1. The second-order valence-corrected chi connectivity index (χ2v) is 5.95. The van der Waals surface area contributed by atoms with E-state index in [2.05, 4.69) is 10.3 Å². The Bertz CT molecular complexity index is 1040. The van der Waals surface area contributed by atoms with E-state index in [0.29, 0.717) is 17.1 Å². The summed E-state index contributed by atoms with van der Waals surface area (Å²) in [6.07, 6.45) is 0. The van der Waals surface area contributed by atoms with Crippen LogP contribution in [-0.2, 0) is 0 Å². The van der Waals surface area contributed by atoms with Crippen molar-refractivity contribution in [3.8, 4) is 0 Å². The van der Waals surface area contributed by atoms with Gasteiger partial charge in [-0.15, -0.1) is 0 Å². The molecule has 1 aromatic heterocycles. The lowest BCUT2D eigenvalue weighted by molar-refractivity contribution is -0.384. The zero-order valence-corrected chi connectivity index (χ0v) is 13.8. The molecule has 0 atom stereocenters. The minimum atomic E-state index is -0.846. The number of nitro benzene ring substituents is 1.